The number of aliphatic hydroxyl groups is 3. The van der Waals surface area contributed by atoms with Crippen LogP contribution < -0.4 is 5.73 Å². The third-order valence-corrected chi connectivity index (χ3v) is 4.07. The predicted molar refractivity (Wildman–Crippen MR) is 76.5 cm³/mol. The van der Waals surface area contributed by atoms with Crippen molar-refractivity contribution in [3.8, 4) is 0 Å². The largest absolute Gasteiger partial charge is 0.396 e. The summed E-state index contributed by atoms with van der Waals surface area (Å²) < 4.78 is 2.32. The standard InChI is InChI=1S/C12H13BrN4O3/c13-6-2-15-12(14)8-9(6)17(4-16-8)7-1-5(3-18)10(19)11(7)20/h1-2,4-5,10-11,18-20H,3H2,(H2,14,15)/t5-,10-,11+/m0/s1. The number of aromatic nitrogens is 3. The van der Waals surface area contributed by atoms with Gasteiger partial charge in [0.05, 0.1) is 28.4 Å². The molecule has 0 saturated carbocycles. The summed E-state index contributed by atoms with van der Waals surface area (Å²) in [6, 6.07) is 0. The Balaban J connectivity index is 2.19. The topological polar surface area (TPSA) is 117 Å². The third-order valence-electron chi connectivity index (χ3n) is 3.49. The lowest BCUT2D eigenvalue weighted by Gasteiger charge is -2.16. The third kappa shape index (κ3) is 1.84. The van der Waals surface area contributed by atoms with Crippen molar-refractivity contribution in [3.63, 3.8) is 0 Å². The molecule has 0 radical (unpaired) electrons. The van der Waals surface area contributed by atoms with Crippen LogP contribution >= 0.6 is 15.9 Å². The zero-order valence-electron chi connectivity index (χ0n) is 10.3. The fraction of sp³-hybridized carbons (Fsp3) is 0.333. The second-order valence-electron chi connectivity index (χ2n) is 4.68. The van der Waals surface area contributed by atoms with Gasteiger partial charge in [0.15, 0.2) is 5.82 Å². The number of pyridine rings is 1. The van der Waals surface area contributed by atoms with Gasteiger partial charge in [-0.15, -0.1) is 0 Å². The van der Waals surface area contributed by atoms with Crippen LogP contribution in [0.3, 0.4) is 0 Å². The first-order chi connectivity index (χ1) is 9.54. The second kappa shape index (κ2) is 4.81. The zero-order valence-corrected chi connectivity index (χ0v) is 11.9. The van der Waals surface area contributed by atoms with E-state index in [0.29, 0.717) is 21.2 Å². The van der Waals surface area contributed by atoms with Crippen LogP contribution in [0.1, 0.15) is 0 Å². The number of fused-ring (bicyclic) bond motifs is 1. The molecule has 0 saturated heterocycles. The van der Waals surface area contributed by atoms with Gasteiger partial charge < -0.3 is 21.1 Å². The lowest BCUT2D eigenvalue weighted by atomic mass is 10.1. The van der Waals surface area contributed by atoms with Crippen molar-refractivity contribution >= 4 is 38.5 Å². The van der Waals surface area contributed by atoms with Gasteiger partial charge >= 0.3 is 0 Å². The number of nitrogens with two attached hydrogens (primary N) is 1. The molecule has 0 aromatic carbocycles. The van der Waals surface area contributed by atoms with Gasteiger partial charge in [0.1, 0.15) is 17.9 Å². The maximum Gasteiger partial charge on any atom is 0.151 e. The van der Waals surface area contributed by atoms with E-state index in [2.05, 4.69) is 25.9 Å². The fourth-order valence-electron chi connectivity index (χ4n) is 2.42. The number of hydrogen-bond donors (Lipinski definition) is 4. The van der Waals surface area contributed by atoms with Crippen LogP contribution in [-0.4, -0.2) is 48.7 Å². The van der Waals surface area contributed by atoms with Crippen LogP contribution in [0.15, 0.2) is 23.1 Å². The average molecular weight is 341 g/mol. The van der Waals surface area contributed by atoms with Crippen molar-refractivity contribution in [2.75, 3.05) is 12.3 Å². The summed E-state index contributed by atoms with van der Waals surface area (Å²) in [5.41, 5.74) is 7.41. The normalized spacial score (nSPS) is 26.2. The van der Waals surface area contributed by atoms with Gasteiger partial charge in [0.25, 0.3) is 0 Å². The smallest absolute Gasteiger partial charge is 0.151 e. The highest BCUT2D eigenvalue weighted by Crippen LogP contribution is 2.34. The Bertz CT molecular complexity index is 699. The lowest BCUT2D eigenvalue weighted by molar-refractivity contribution is 0.0199. The lowest BCUT2D eigenvalue weighted by Crippen LogP contribution is -2.30. The van der Waals surface area contributed by atoms with Gasteiger partial charge in [-0.05, 0) is 15.9 Å². The highest BCUT2D eigenvalue weighted by Gasteiger charge is 2.35. The van der Waals surface area contributed by atoms with E-state index in [-0.39, 0.29) is 12.4 Å². The predicted octanol–water partition coefficient (Wildman–Crippen LogP) is -0.0392. The summed E-state index contributed by atoms with van der Waals surface area (Å²) in [6.07, 6.45) is 2.57. The van der Waals surface area contributed by atoms with Gasteiger partial charge in [0.2, 0.25) is 0 Å². The Kier molecular flexibility index (Phi) is 3.25. The molecule has 3 atom stereocenters. The zero-order chi connectivity index (χ0) is 14.4. The molecule has 0 spiro atoms. The minimum Gasteiger partial charge on any atom is -0.396 e. The van der Waals surface area contributed by atoms with Crippen LogP contribution in [0.4, 0.5) is 5.82 Å². The molecule has 7 nitrogen and oxygen atoms in total. The number of anilines is 1. The summed E-state index contributed by atoms with van der Waals surface area (Å²) in [4.78, 5) is 8.18. The molecule has 20 heavy (non-hydrogen) atoms. The van der Waals surface area contributed by atoms with E-state index in [0.717, 1.165) is 0 Å². The maximum absolute atomic E-state index is 10.1. The Hall–Kier alpha value is -1.48. The quantitative estimate of drug-likeness (QED) is 0.609. The van der Waals surface area contributed by atoms with Crippen LogP contribution in [0.5, 0.6) is 0 Å². The Morgan fingerprint density at radius 3 is 2.75 bits per heavy atom. The number of halogens is 1. The van der Waals surface area contributed by atoms with E-state index in [1.807, 2.05) is 0 Å². The molecule has 0 unspecified atom stereocenters. The molecule has 106 valence electrons. The number of nitrogens with zero attached hydrogens (tertiary/aromatic N) is 3. The van der Waals surface area contributed by atoms with Crippen LogP contribution in [0, 0.1) is 5.92 Å². The molecule has 2 aromatic heterocycles. The molecular weight excluding hydrogens is 328 g/mol. The first-order valence-electron chi connectivity index (χ1n) is 6.00. The van der Waals surface area contributed by atoms with Crippen LogP contribution in [0.2, 0.25) is 0 Å². The first-order valence-corrected chi connectivity index (χ1v) is 6.80. The van der Waals surface area contributed by atoms with Gasteiger partial charge in [-0.2, -0.15) is 0 Å². The molecule has 0 amide bonds. The Labute approximate surface area is 122 Å². The van der Waals surface area contributed by atoms with Crippen molar-refractivity contribution in [1.82, 2.24) is 14.5 Å². The summed E-state index contributed by atoms with van der Waals surface area (Å²) in [5.74, 6) is -0.218. The highest BCUT2D eigenvalue weighted by molar-refractivity contribution is 9.10. The summed E-state index contributed by atoms with van der Waals surface area (Å²) >= 11 is 3.38. The number of nitrogen functional groups attached to an aromatic ring is 1. The highest BCUT2D eigenvalue weighted by atomic mass is 79.9. The SMILES string of the molecule is Nc1ncc(Br)c2c1ncn2C1=C[C@@H](CO)[C@H](O)[C@@H]1O. The molecule has 8 heteroatoms. The van der Waals surface area contributed by atoms with Crippen molar-refractivity contribution < 1.29 is 15.3 Å². The second-order valence-corrected chi connectivity index (χ2v) is 5.53. The van der Waals surface area contributed by atoms with Gasteiger partial charge in [0, 0.05) is 12.1 Å². The monoisotopic (exact) mass is 340 g/mol. The molecule has 5 N–H and O–H groups in total. The fourth-order valence-corrected chi connectivity index (χ4v) is 2.90. The van der Waals surface area contributed by atoms with E-state index in [1.54, 1.807) is 16.8 Å². The maximum atomic E-state index is 10.1. The number of rotatable bonds is 2. The molecule has 1 aliphatic rings. The average Bonchev–Trinajstić information content (AvgIpc) is 2.99. The molecule has 0 bridgehead atoms. The van der Waals surface area contributed by atoms with Crippen LogP contribution in [0.25, 0.3) is 16.7 Å². The van der Waals surface area contributed by atoms with Crippen molar-refractivity contribution in [3.05, 3.63) is 23.1 Å². The van der Waals surface area contributed by atoms with Gasteiger partial charge in [-0.1, -0.05) is 6.08 Å². The number of aliphatic hydroxyl groups excluding tert-OH is 3. The molecule has 1 aliphatic carbocycles. The molecule has 0 fully saturated rings. The van der Waals surface area contributed by atoms with Gasteiger partial charge in [-0.25, -0.2) is 9.97 Å². The minimum absolute atomic E-state index is 0.237. The van der Waals surface area contributed by atoms with E-state index >= 15 is 0 Å². The van der Waals surface area contributed by atoms with Gasteiger partial charge in [-0.3, -0.25) is 4.57 Å². The Morgan fingerprint density at radius 2 is 2.10 bits per heavy atom. The minimum atomic E-state index is -1.09. The summed E-state index contributed by atoms with van der Waals surface area (Å²) in [6.45, 7) is -0.237. The van der Waals surface area contributed by atoms with E-state index in [4.69, 9.17) is 5.73 Å². The van der Waals surface area contributed by atoms with E-state index < -0.39 is 18.1 Å². The van der Waals surface area contributed by atoms with E-state index in [1.165, 1.54) is 6.33 Å². The molecule has 0 aliphatic heterocycles. The van der Waals surface area contributed by atoms with Crippen molar-refractivity contribution in [2.45, 2.75) is 12.2 Å². The first kappa shape index (κ1) is 13.5. The summed E-state index contributed by atoms with van der Waals surface area (Å²) in [5, 5.41) is 29.2. The van der Waals surface area contributed by atoms with Crippen LogP contribution in [-0.2, 0) is 0 Å². The number of hydrogen-bond acceptors (Lipinski definition) is 6. The van der Waals surface area contributed by atoms with Crippen molar-refractivity contribution in [1.29, 1.82) is 0 Å². The summed E-state index contributed by atoms with van der Waals surface area (Å²) in [7, 11) is 0. The van der Waals surface area contributed by atoms with Crippen molar-refractivity contribution in [2.24, 2.45) is 5.92 Å². The van der Waals surface area contributed by atoms with E-state index in [9.17, 15) is 15.3 Å². The molecular formula is C12H13BrN4O3. The Morgan fingerprint density at radius 1 is 1.35 bits per heavy atom. The molecule has 3 rings (SSSR count). The molecule has 2 heterocycles. The molecule has 2 aromatic rings. The number of imidazole rings is 1.